The van der Waals surface area contributed by atoms with Crippen LogP contribution in [0.4, 0.5) is 14.5 Å². The zero-order valence-electron chi connectivity index (χ0n) is 12.3. The van der Waals surface area contributed by atoms with Crippen molar-refractivity contribution in [3.05, 3.63) is 65.2 Å². The molecule has 1 unspecified atom stereocenters. The molecule has 2 rings (SSSR count). The van der Waals surface area contributed by atoms with Crippen LogP contribution < -0.4 is 5.32 Å². The lowest BCUT2D eigenvalue weighted by Gasteiger charge is -2.17. The minimum atomic E-state index is -0.713. The largest absolute Gasteiger partial charge is 0.468 e. The first-order valence-corrected chi connectivity index (χ1v) is 6.82. The van der Waals surface area contributed by atoms with Crippen LogP contribution in [0.5, 0.6) is 0 Å². The Hall–Kier alpha value is -2.94. The van der Waals surface area contributed by atoms with E-state index in [1.54, 1.807) is 12.1 Å². The number of nitriles is 1. The molecule has 1 atom stereocenters. The number of anilines is 1. The van der Waals surface area contributed by atoms with Gasteiger partial charge in [0.15, 0.2) is 0 Å². The Morgan fingerprint density at radius 2 is 1.96 bits per heavy atom. The molecular weight excluding hydrogens is 302 g/mol. The smallest absolute Gasteiger partial charge is 0.314 e. The second-order valence-corrected chi connectivity index (χ2v) is 4.78. The van der Waals surface area contributed by atoms with Gasteiger partial charge in [-0.3, -0.25) is 4.79 Å². The van der Waals surface area contributed by atoms with Gasteiger partial charge in [0, 0.05) is 6.54 Å². The van der Waals surface area contributed by atoms with Crippen molar-refractivity contribution in [2.45, 2.75) is 5.92 Å². The number of halogens is 2. The lowest BCUT2D eigenvalue weighted by Crippen LogP contribution is -2.23. The number of hydrogen-bond donors (Lipinski definition) is 1. The number of hydrogen-bond acceptors (Lipinski definition) is 4. The summed E-state index contributed by atoms with van der Waals surface area (Å²) >= 11 is 0. The van der Waals surface area contributed by atoms with Crippen LogP contribution in [0, 0.1) is 23.0 Å². The highest BCUT2D eigenvalue weighted by molar-refractivity contribution is 5.79. The number of carbonyl (C=O) groups is 1. The van der Waals surface area contributed by atoms with E-state index in [1.807, 2.05) is 0 Å². The van der Waals surface area contributed by atoms with Crippen LogP contribution in [-0.4, -0.2) is 19.6 Å². The number of benzene rings is 2. The molecular formula is C17H14F2N2O2. The summed E-state index contributed by atoms with van der Waals surface area (Å²) in [5.74, 6) is -2.29. The molecule has 118 valence electrons. The topological polar surface area (TPSA) is 62.1 Å². The van der Waals surface area contributed by atoms with E-state index in [0.717, 1.165) is 0 Å². The summed E-state index contributed by atoms with van der Waals surface area (Å²) in [6, 6.07) is 11.4. The second kappa shape index (κ2) is 7.36. The SMILES string of the molecule is COC(=O)C(CNc1cccc(F)c1C#N)c1ccc(F)cc1. The van der Waals surface area contributed by atoms with Crippen molar-refractivity contribution >= 4 is 11.7 Å². The maximum Gasteiger partial charge on any atom is 0.314 e. The Balaban J connectivity index is 2.23. The molecule has 0 aliphatic carbocycles. The summed E-state index contributed by atoms with van der Waals surface area (Å²) < 4.78 is 31.3. The van der Waals surface area contributed by atoms with Crippen molar-refractivity contribution < 1.29 is 18.3 Å². The van der Waals surface area contributed by atoms with Gasteiger partial charge in [-0.1, -0.05) is 18.2 Å². The quantitative estimate of drug-likeness (QED) is 0.861. The molecule has 0 aromatic heterocycles. The fraction of sp³-hybridized carbons (Fsp3) is 0.176. The zero-order valence-corrected chi connectivity index (χ0v) is 12.3. The zero-order chi connectivity index (χ0) is 16.8. The average molecular weight is 316 g/mol. The van der Waals surface area contributed by atoms with E-state index in [2.05, 4.69) is 5.32 Å². The van der Waals surface area contributed by atoms with Gasteiger partial charge < -0.3 is 10.1 Å². The first kappa shape index (κ1) is 16.4. The number of esters is 1. The normalized spacial score (nSPS) is 11.4. The predicted octanol–water partition coefficient (Wildman–Crippen LogP) is 3.21. The van der Waals surface area contributed by atoms with Crippen molar-refractivity contribution in [3.8, 4) is 6.07 Å². The Kier molecular flexibility index (Phi) is 5.26. The van der Waals surface area contributed by atoms with Crippen LogP contribution in [0.15, 0.2) is 42.5 Å². The lowest BCUT2D eigenvalue weighted by molar-refractivity contribution is -0.142. The number of carbonyl (C=O) groups excluding carboxylic acids is 1. The first-order chi connectivity index (χ1) is 11.1. The number of ether oxygens (including phenoxy) is 1. The molecule has 2 aromatic rings. The molecule has 0 saturated carbocycles. The van der Waals surface area contributed by atoms with Crippen LogP contribution in [0.1, 0.15) is 17.0 Å². The minimum Gasteiger partial charge on any atom is -0.468 e. The highest BCUT2D eigenvalue weighted by Crippen LogP contribution is 2.22. The fourth-order valence-corrected chi connectivity index (χ4v) is 2.17. The van der Waals surface area contributed by atoms with Crippen LogP contribution in [-0.2, 0) is 9.53 Å². The van der Waals surface area contributed by atoms with Crippen molar-refractivity contribution in [1.82, 2.24) is 0 Å². The maximum atomic E-state index is 13.6. The van der Waals surface area contributed by atoms with Gasteiger partial charge in [0.05, 0.1) is 18.7 Å². The third kappa shape index (κ3) is 3.83. The van der Waals surface area contributed by atoms with E-state index < -0.39 is 23.5 Å². The van der Waals surface area contributed by atoms with Crippen molar-refractivity contribution in [2.24, 2.45) is 0 Å². The maximum absolute atomic E-state index is 13.6. The van der Waals surface area contributed by atoms with Crippen LogP contribution in [0.25, 0.3) is 0 Å². The van der Waals surface area contributed by atoms with Crippen molar-refractivity contribution in [3.63, 3.8) is 0 Å². The molecule has 0 aliphatic heterocycles. The van der Waals surface area contributed by atoms with E-state index in [4.69, 9.17) is 10.00 Å². The molecule has 0 fully saturated rings. The van der Waals surface area contributed by atoms with Crippen LogP contribution in [0.2, 0.25) is 0 Å². The number of methoxy groups -OCH3 is 1. The molecule has 0 spiro atoms. The summed E-state index contributed by atoms with van der Waals surface area (Å²) in [7, 11) is 1.25. The summed E-state index contributed by atoms with van der Waals surface area (Å²) in [5, 5.41) is 11.9. The van der Waals surface area contributed by atoms with Crippen molar-refractivity contribution in [2.75, 3.05) is 19.0 Å². The standard InChI is InChI=1S/C17H14F2N2O2/c1-23-17(22)14(11-5-7-12(18)8-6-11)10-21-16-4-2-3-15(19)13(16)9-20/h2-8,14,21H,10H2,1H3. The molecule has 4 nitrogen and oxygen atoms in total. The molecule has 1 N–H and O–H groups in total. The highest BCUT2D eigenvalue weighted by atomic mass is 19.1. The molecule has 0 saturated heterocycles. The van der Waals surface area contributed by atoms with Gasteiger partial charge in [-0.2, -0.15) is 5.26 Å². The Morgan fingerprint density at radius 1 is 1.26 bits per heavy atom. The third-order valence-corrected chi connectivity index (χ3v) is 3.38. The van der Waals surface area contributed by atoms with E-state index in [0.29, 0.717) is 5.56 Å². The molecule has 2 aromatic carbocycles. The predicted molar refractivity (Wildman–Crippen MR) is 80.8 cm³/mol. The fourth-order valence-electron chi connectivity index (χ4n) is 2.17. The van der Waals surface area contributed by atoms with Crippen LogP contribution in [0.3, 0.4) is 0 Å². The second-order valence-electron chi connectivity index (χ2n) is 4.78. The summed E-state index contributed by atoms with van der Waals surface area (Å²) in [4.78, 5) is 11.9. The van der Waals surface area contributed by atoms with Crippen LogP contribution >= 0.6 is 0 Å². The molecule has 0 bridgehead atoms. The van der Waals surface area contributed by atoms with Crippen molar-refractivity contribution in [1.29, 1.82) is 5.26 Å². The number of rotatable bonds is 5. The minimum absolute atomic E-state index is 0.0798. The number of nitrogens with one attached hydrogen (secondary N) is 1. The average Bonchev–Trinajstić information content (AvgIpc) is 2.56. The van der Waals surface area contributed by atoms with E-state index in [9.17, 15) is 13.6 Å². The third-order valence-electron chi connectivity index (χ3n) is 3.38. The van der Waals surface area contributed by atoms with Gasteiger partial charge in [0.1, 0.15) is 23.3 Å². The molecule has 23 heavy (non-hydrogen) atoms. The Labute approximate surface area is 132 Å². The summed E-state index contributed by atoms with van der Waals surface area (Å²) in [6.07, 6.45) is 0. The molecule has 0 heterocycles. The van der Waals surface area contributed by atoms with E-state index in [-0.39, 0.29) is 17.8 Å². The van der Waals surface area contributed by atoms with E-state index in [1.165, 1.54) is 43.5 Å². The highest BCUT2D eigenvalue weighted by Gasteiger charge is 2.22. The molecule has 0 radical (unpaired) electrons. The van der Waals surface area contributed by atoms with Gasteiger partial charge in [0.2, 0.25) is 0 Å². The molecule has 6 heteroatoms. The molecule has 0 aliphatic rings. The summed E-state index contributed by atoms with van der Waals surface area (Å²) in [5.41, 5.74) is 0.708. The van der Waals surface area contributed by atoms with Gasteiger partial charge in [-0.15, -0.1) is 0 Å². The Bertz CT molecular complexity index is 739. The number of nitrogens with zero attached hydrogens (tertiary/aromatic N) is 1. The lowest BCUT2D eigenvalue weighted by atomic mass is 9.99. The monoisotopic (exact) mass is 316 g/mol. The molecule has 0 amide bonds. The van der Waals surface area contributed by atoms with Gasteiger partial charge in [0.25, 0.3) is 0 Å². The van der Waals surface area contributed by atoms with E-state index >= 15 is 0 Å². The summed E-state index contributed by atoms with van der Waals surface area (Å²) in [6.45, 7) is 0.0798. The van der Waals surface area contributed by atoms with Gasteiger partial charge in [-0.25, -0.2) is 8.78 Å². The first-order valence-electron chi connectivity index (χ1n) is 6.82. The van der Waals surface area contributed by atoms with Gasteiger partial charge >= 0.3 is 5.97 Å². The van der Waals surface area contributed by atoms with Gasteiger partial charge in [-0.05, 0) is 29.8 Å². The Morgan fingerprint density at radius 3 is 2.57 bits per heavy atom.